The molecule has 3 aromatic rings. The fourth-order valence-corrected chi connectivity index (χ4v) is 4.10. The van der Waals surface area contributed by atoms with Crippen LogP contribution in [0.25, 0.3) is 11.2 Å². The van der Waals surface area contributed by atoms with E-state index >= 15 is 0 Å². The van der Waals surface area contributed by atoms with E-state index in [1.807, 2.05) is 0 Å². The van der Waals surface area contributed by atoms with Gasteiger partial charge in [-0.2, -0.15) is 18.3 Å². The Morgan fingerprint density at radius 1 is 1.04 bits per heavy atom. The van der Waals surface area contributed by atoms with Gasteiger partial charge in [-0.05, 0) is 13.3 Å². The number of alkyl halides is 3. The van der Waals surface area contributed by atoms with E-state index in [0.717, 1.165) is 25.3 Å². The smallest absolute Gasteiger partial charge is 0.367 e. The Morgan fingerprint density at radius 2 is 1.82 bits per heavy atom. The molecule has 2 aliphatic rings. The molecule has 0 unspecified atom stereocenters. The predicted octanol–water partition coefficient (Wildman–Crippen LogP) is 2.19. The zero-order valence-electron chi connectivity index (χ0n) is 15.0. The van der Waals surface area contributed by atoms with Gasteiger partial charge in [-0.3, -0.25) is 5.10 Å². The second kappa shape index (κ2) is 5.76. The third kappa shape index (κ3) is 2.72. The molecule has 0 aromatic carbocycles. The lowest BCUT2D eigenvalue weighted by Crippen LogP contribution is -2.58. The van der Waals surface area contributed by atoms with Crippen molar-refractivity contribution in [1.29, 1.82) is 0 Å². The van der Waals surface area contributed by atoms with Gasteiger partial charge < -0.3 is 9.80 Å². The van der Waals surface area contributed by atoms with Crippen molar-refractivity contribution in [2.24, 2.45) is 5.41 Å². The summed E-state index contributed by atoms with van der Waals surface area (Å²) in [6.45, 7) is 4.06. The van der Waals surface area contributed by atoms with Crippen LogP contribution in [0, 0.1) is 12.3 Å². The first-order valence-corrected chi connectivity index (χ1v) is 8.90. The Labute approximate surface area is 157 Å². The lowest BCUT2D eigenvalue weighted by molar-refractivity contribution is -0.141. The van der Waals surface area contributed by atoms with Crippen molar-refractivity contribution in [3.05, 3.63) is 30.1 Å². The van der Waals surface area contributed by atoms with Crippen LogP contribution in [0.5, 0.6) is 0 Å². The van der Waals surface area contributed by atoms with Crippen LogP contribution in [0.1, 0.15) is 17.9 Å². The van der Waals surface area contributed by atoms with Gasteiger partial charge in [0.2, 0.25) is 0 Å². The first-order chi connectivity index (χ1) is 13.3. The minimum Gasteiger partial charge on any atom is -0.367 e. The van der Waals surface area contributed by atoms with Gasteiger partial charge >= 0.3 is 6.18 Å². The van der Waals surface area contributed by atoms with Gasteiger partial charge in [0.05, 0.1) is 24.3 Å². The molecule has 0 saturated carbocycles. The van der Waals surface area contributed by atoms with Crippen LogP contribution < -0.4 is 9.80 Å². The van der Waals surface area contributed by atoms with Gasteiger partial charge in [0.15, 0.2) is 11.3 Å². The standard InChI is InChI=1S/C17H17F3N8/c1-10-21-5-12(14(24-10)17(18,19)20)28-8-16(9-28)2-3-27(7-16)13-6-22-11-4-23-26-15(11)25-13/h4-6H,2-3,7-9H2,1H3,(H,23,25,26). The summed E-state index contributed by atoms with van der Waals surface area (Å²) in [5.41, 5.74) is 0.464. The van der Waals surface area contributed by atoms with Crippen LogP contribution in [0.2, 0.25) is 0 Å². The zero-order valence-corrected chi connectivity index (χ0v) is 15.0. The second-order valence-electron chi connectivity index (χ2n) is 7.51. The molecular weight excluding hydrogens is 373 g/mol. The van der Waals surface area contributed by atoms with Gasteiger partial charge in [-0.15, -0.1) is 0 Å². The maximum atomic E-state index is 13.4. The number of aromatic nitrogens is 6. The number of halogens is 3. The summed E-state index contributed by atoms with van der Waals surface area (Å²) >= 11 is 0. The summed E-state index contributed by atoms with van der Waals surface area (Å²) in [5.74, 6) is 0.868. The van der Waals surface area contributed by atoms with E-state index < -0.39 is 11.9 Å². The van der Waals surface area contributed by atoms with Crippen LogP contribution in [0.3, 0.4) is 0 Å². The molecule has 0 radical (unpaired) electrons. The summed E-state index contributed by atoms with van der Waals surface area (Å²) in [7, 11) is 0. The molecule has 8 nitrogen and oxygen atoms in total. The molecule has 2 fully saturated rings. The molecule has 3 aromatic heterocycles. The Morgan fingerprint density at radius 3 is 2.61 bits per heavy atom. The van der Waals surface area contributed by atoms with E-state index in [1.54, 1.807) is 17.3 Å². The van der Waals surface area contributed by atoms with Gasteiger partial charge in [0.25, 0.3) is 0 Å². The highest BCUT2D eigenvalue weighted by molar-refractivity contribution is 5.70. The molecule has 0 atom stereocenters. The lowest BCUT2D eigenvalue weighted by Gasteiger charge is -2.49. The van der Waals surface area contributed by atoms with Crippen molar-refractivity contribution in [2.75, 3.05) is 36.0 Å². The lowest BCUT2D eigenvalue weighted by atomic mass is 9.78. The summed E-state index contributed by atoms with van der Waals surface area (Å²) in [6, 6.07) is 0. The monoisotopic (exact) mass is 390 g/mol. The van der Waals surface area contributed by atoms with Crippen molar-refractivity contribution < 1.29 is 13.2 Å². The molecule has 0 amide bonds. The number of rotatable bonds is 2. The number of H-pyrrole nitrogens is 1. The summed E-state index contributed by atoms with van der Waals surface area (Å²) < 4.78 is 40.1. The first kappa shape index (κ1) is 17.1. The van der Waals surface area contributed by atoms with Gasteiger partial charge in [-0.25, -0.2) is 19.9 Å². The highest BCUT2D eigenvalue weighted by atomic mass is 19.4. The Hall–Kier alpha value is -2.98. The molecular formula is C17H17F3N8. The van der Waals surface area contributed by atoms with Crippen LogP contribution in [0.15, 0.2) is 18.6 Å². The molecule has 11 heteroatoms. The van der Waals surface area contributed by atoms with Gasteiger partial charge in [0, 0.05) is 31.6 Å². The first-order valence-electron chi connectivity index (χ1n) is 8.90. The van der Waals surface area contributed by atoms with Crippen molar-refractivity contribution >= 4 is 22.7 Å². The highest BCUT2D eigenvalue weighted by Crippen LogP contribution is 2.45. The van der Waals surface area contributed by atoms with Gasteiger partial charge in [-0.1, -0.05) is 0 Å². The molecule has 28 heavy (non-hydrogen) atoms. The topological polar surface area (TPSA) is 86.7 Å². The molecule has 5 rings (SSSR count). The number of nitrogens with one attached hydrogen (secondary N) is 1. The molecule has 1 N–H and O–H groups in total. The minimum atomic E-state index is -4.50. The van der Waals surface area contributed by atoms with E-state index in [1.165, 1.54) is 13.1 Å². The quantitative estimate of drug-likeness (QED) is 0.718. The zero-order chi connectivity index (χ0) is 19.5. The molecule has 0 aliphatic carbocycles. The Kier molecular flexibility index (Phi) is 3.52. The number of nitrogens with zero attached hydrogens (tertiary/aromatic N) is 7. The molecule has 146 valence electrons. The molecule has 2 saturated heterocycles. The van der Waals surface area contributed by atoms with Crippen LogP contribution in [-0.2, 0) is 6.18 Å². The molecule has 2 aliphatic heterocycles. The summed E-state index contributed by atoms with van der Waals surface area (Å²) in [5, 5.41) is 6.73. The average Bonchev–Trinajstić information content (AvgIpc) is 3.26. The maximum Gasteiger partial charge on any atom is 0.435 e. The minimum absolute atomic E-state index is 0.0563. The Bertz CT molecular complexity index is 1040. The van der Waals surface area contributed by atoms with Gasteiger partial charge in [0.1, 0.15) is 17.2 Å². The largest absolute Gasteiger partial charge is 0.435 e. The summed E-state index contributed by atoms with van der Waals surface area (Å²) in [6.07, 6.45) is 0.997. The number of aromatic amines is 1. The third-order valence-corrected chi connectivity index (χ3v) is 5.46. The van der Waals surface area contributed by atoms with E-state index in [0.29, 0.717) is 24.3 Å². The molecule has 1 spiro atoms. The number of fused-ring (bicyclic) bond motifs is 1. The fraction of sp³-hybridized carbons (Fsp3) is 0.471. The Balaban J connectivity index is 1.33. The van der Waals surface area contributed by atoms with E-state index in [9.17, 15) is 13.2 Å². The SMILES string of the molecule is Cc1ncc(N2CC3(CCN(c4cnc5cn[nH]c5n4)C3)C2)c(C(F)(F)F)n1. The van der Waals surface area contributed by atoms with Crippen LogP contribution >= 0.6 is 0 Å². The van der Waals surface area contributed by atoms with E-state index in [-0.39, 0.29) is 16.9 Å². The molecule has 5 heterocycles. The number of aryl methyl sites for hydroxylation is 1. The number of anilines is 2. The fourth-order valence-electron chi connectivity index (χ4n) is 4.10. The van der Waals surface area contributed by atoms with Crippen molar-refractivity contribution in [2.45, 2.75) is 19.5 Å². The average molecular weight is 390 g/mol. The normalized spacial score (nSPS) is 18.9. The second-order valence-corrected chi connectivity index (χ2v) is 7.51. The van der Waals surface area contributed by atoms with Crippen molar-refractivity contribution in [3.63, 3.8) is 0 Å². The highest BCUT2D eigenvalue weighted by Gasteiger charge is 2.50. The molecule has 0 bridgehead atoms. The predicted molar refractivity (Wildman–Crippen MR) is 94.9 cm³/mol. The van der Waals surface area contributed by atoms with Crippen LogP contribution in [-0.4, -0.2) is 56.3 Å². The summed E-state index contributed by atoms with van der Waals surface area (Å²) in [4.78, 5) is 20.3. The van der Waals surface area contributed by atoms with E-state index in [4.69, 9.17) is 0 Å². The van der Waals surface area contributed by atoms with Crippen molar-refractivity contribution in [3.8, 4) is 0 Å². The maximum absolute atomic E-state index is 13.4. The van der Waals surface area contributed by atoms with Crippen LogP contribution in [0.4, 0.5) is 24.7 Å². The van der Waals surface area contributed by atoms with Crippen molar-refractivity contribution in [1.82, 2.24) is 30.1 Å². The van der Waals surface area contributed by atoms with E-state index in [2.05, 4.69) is 35.0 Å². The number of hydrogen-bond donors (Lipinski definition) is 1. The third-order valence-electron chi connectivity index (χ3n) is 5.46. The number of hydrogen-bond acceptors (Lipinski definition) is 7.